The molecule has 0 N–H and O–H groups in total. The van der Waals surface area contributed by atoms with Gasteiger partial charge in [0, 0.05) is 0 Å². The first kappa shape index (κ1) is 35.4. The standard InChI is InChI=1S/C32H66B2Si5/c1-19-25-27(33(21-3)22-4)31(37(13,14)15)39(29(25)35(7,8)9)30(36(10,11)12)26(20-2)28(34(23-5)24-6)32(39)38(16,17)18/h19-24H2,1-18H3. The van der Waals surface area contributed by atoms with Gasteiger partial charge in [-0.1, -0.05) is 187 Å². The molecular formula is C32H66B2Si5. The Morgan fingerprint density at radius 2 is 0.641 bits per heavy atom. The van der Waals surface area contributed by atoms with Crippen LogP contribution in [-0.4, -0.2) is 53.8 Å². The lowest BCUT2D eigenvalue weighted by Gasteiger charge is -2.50. The minimum absolute atomic E-state index is 0.730. The predicted octanol–water partition coefficient (Wildman–Crippen LogP) is 11.3. The fraction of sp³-hybridized carbons (Fsp3) is 0.750. The molecule has 0 aromatic carbocycles. The lowest BCUT2D eigenvalue weighted by atomic mass is 9.40. The Hall–Kier alpha value is 0.174. The van der Waals surface area contributed by atoms with Gasteiger partial charge < -0.3 is 0 Å². The molecule has 0 saturated heterocycles. The van der Waals surface area contributed by atoms with Crippen LogP contribution in [0.25, 0.3) is 0 Å². The zero-order chi connectivity index (χ0) is 30.5. The average Bonchev–Trinajstić information content (AvgIpc) is 3.25. The Bertz CT molecular complexity index is 972. The minimum Gasteiger partial charge on any atom is -0.0850 e. The van der Waals surface area contributed by atoms with Gasteiger partial charge in [-0.3, -0.25) is 0 Å². The minimum atomic E-state index is -2.25. The van der Waals surface area contributed by atoms with Crippen LogP contribution in [-0.2, 0) is 0 Å². The highest BCUT2D eigenvalue weighted by atomic mass is 28.5. The molecule has 0 aromatic heterocycles. The average molecular weight is 613 g/mol. The Morgan fingerprint density at radius 3 is 0.795 bits per heavy atom. The monoisotopic (exact) mass is 612 g/mol. The van der Waals surface area contributed by atoms with Gasteiger partial charge in [0.15, 0.2) is 13.4 Å². The van der Waals surface area contributed by atoms with Crippen LogP contribution in [0.4, 0.5) is 0 Å². The zero-order valence-corrected chi connectivity index (χ0v) is 34.9. The molecule has 0 fully saturated rings. The fourth-order valence-electron chi connectivity index (χ4n) is 9.17. The number of allylic oxidation sites excluding steroid dienone is 4. The van der Waals surface area contributed by atoms with E-state index in [1.165, 1.54) is 38.1 Å². The molecule has 0 saturated carbocycles. The molecule has 39 heavy (non-hydrogen) atoms. The van der Waals surface area contributed by atoms with Crippen molar-refractivity contribution in [2.45, 2.75) is 158 Å². The maximum absolute atomic E-state index is 2.75. The summed E-state index contributed by atoms with van der Waals surface area (Å²) in [5, 5.41) is 0. The number of hydrogen-bond donors (Lipinski definition) is 0. The molecular weight excluding hydrogens is 546 g/mol. The van der Waals surface area contributed by atoms with E-state index in [0.29, 0.717) is 0 Å². The Kier molecular flexibility index (Phi) is 10.9. The molecule has 0 unspecified atom stereocenters. The molecule has 2 rings (SSSR count). The fourth-order valence-corrected chi connectivity index (χ4v) is 43.2. The van der Waals surface area contributed by atoms with E-state index >= 15 is 0 Å². The third-order valence-corrected chi connectivity index (χ3v) is 34.6. The quantitative estimate of drug-likeness (QED) is 0.192. The van der Waals surface area contributed by atoms with Crippen molar-refractivity contribution < 1.29 is 0 Å². The largest absolute Gasteiger partial charge is 0.174 e. The summed E-state index contributed by atoms with van der Waals surface area (Å²) in [6.45, 7) is 49.5. The van der Waals surface area contributed by atoms with Crippen LogP contribution in [0.3, 0.4) is 0 Å². The predicted molar refractivity (Wildman–Crippen MR) is 201 cm³/mol. The van der Waals surface area contributed by atoms with Gasteiger partial charge in [-0.05, 0) is 12.8 Å². The molecule has 220 valence electrons. The summed E-state index contributed by atoms with van der Waals surface area (Å²) in [5.74, 6) is 0. The van der Waals surface area contributed by atoms with Gasteiger partial charge in [-0.25, -0.2) is 0 Å². The molecule has 0 amide bonds. The zero-order valence-electron chi connectivity index (χ0n) is 29.9. The van der Waals surface area contributed by atoms with Crippen LogP contribution in [0.2, 0.25) is 104 Å². The highest BCUT2D eigenvalue weighted by Crippen LogP contribution is 2.62. The summed E-state index contributed by atoms with van der Waals surface area (Å²) >= 11 is 0. The van der Waals surface area contributed by atoms with E-state index in [0.717, 1.165) is 13.4 Å². The van der Waals surface area contributed by atoms with Crippen LogP contribution in [0.5, 0.6) is 0 Å². The molecule has 2 heterocycles. The highest BCUT2D eigenvalue weighted by Gasteiger charge is 2.66. The molecule has 0 atom stereocenters. The van der Waals surface area contributed by atoms with E-state index < -0.39 is 40.4 Å². The van der Waals surface area contributed by atoms with Gasteiger partial charge >= 0.3 is 0 Å². The second-order valence-corrected chi connectivity index (χ2v) is 42.3. The summed E-state index contributed by atoms with van der Waals surface area (Å²) in [6.07, 6.45) is 7.67. The van der Waals surface area contributed by atoms with Crippen molar-refractivity contribution in [3.05, 3.63) is 41.4 Å². The molecule has 0 bridgehead atoms. The van der Waals surface area contributed by atoms with E-state index in [-0.39, 0.29) is 0 Å². The normalized spacial score (nSPS) is 18.9. The SMILES string of the molecule is CCB(CC)C1=C([Si](C)(C)C)[Si]2(C([Si](C)(C)C)=C1CC)C([Si](C)(C)C)=C(CC)C(B(CC)CC)=C2[Si](C)(C)C. The molecule has 0 nitrogen and oxygen atoms in total. The topological polar surface area (TPSA) is 0 Å². The second kappa shape index (κ2) is 12.0. The molecule has 7 heteroatoms. The van der Waals surface area contributed by atoms with E-state index in [4.69, 9.17) is 0 Å². The van der Waals surface area contributed by atoms with Crippen molar-refractivity contribution in [1.82, 2.24) is 0 Å². The molecule has 0 radical (unpaired) electrons. The van der Waals surface area contributed by atoms with Crippen molar-refractivity contribution >= 4 is 53.8 Å². The first-order valence-corrected chi connectivity index (χ1v) is 32.7. The van der Waals surface area contributed by atoms with Crippen LogP contribution < -0.4 is 0 Å². The Balaban J connectivity index is 3.61. The molecule has 0 aromatic rings. The summed E-state index contributed by atoms with van der Waals surface area (Å²) in [5.41, 5.74) is 7.69. The van der Waals surface area contributed by atoms with Crippen molar-refractivity contribution in [2.24, 2.45) is 0 Å². The smallest absolute Gasteiger partial charge is 0.0850 e. The first-order chi connectivity index (χ1) is 17.7. The first-order valence-electron chi connectivity index (χ1n) is 16.7. The van der Waals surface area contributed by atoms with E-state index in [9.17, 15) is 0 Å². The van der Waals surface area contributed by atoms with Crippen molar-refractivity contribution in [3.63, 3.8) is 0 Å². The van der Waals surface area contributed by atoms with Gasteiger partial charge in [-0.15, -0.1) is 0 Å². The van der Waals surface area contributed by atoms with Gasteiger partial charge in [0.1, 0.15) is 8.07 Å². The second-order valence-electron chi connectivity index (χ2n) is 16.8. The van der Waals surface area contributed by atoms with Gasteiger partial charge in [0.2, 0.25) is 0 Å². The van der Waals surface area contributed by atoms with Crippen molar-refractivity contribution in [3.8, 4) is 0 Å². The van der Waals surface area contributed by atoms with Gasteiger partial charge in [0.25, 0.3) is 0 Å². The number of hydrogen-bond acceptors (Lipinski definition) is 0. The molecule has 1 spiro atoms. The summed E-state index contributed by atoms with van der Waals surface area (Å²) < 4.78 is 0. The highest BCUT2D eigenvalue weighted by molar-refractivity contribution is 7.35. The molecule has 2 aliphatic rings. The van der Waals surface area contributed by atoms with Gasteiger partial charge in [-0.2, -0.15) is 0 Å². The Morgan fingerprint density at radius 1 is 0.410 bits per heavy atom. The molecule has 2 aliphatic heterocycles. The maximum atomic E-state index is 2.75. The maximum Gasteiger partial charge on any atom is 0.174 e. The lowest BCUT2D eigenvalue weighted by molar-refractivity contribution is 1.13. The van der Waals surface area contributed by atoms with Crippen LogP contribution in [0, 0.1) is 0 Å². The Labute approximate surface area is 252 Å². The summed E-state index contributed by atoms with van der Waals surface area (Å²) in [7, 11) is -8.88. The summed E-state index contributed by atoms with van der Waals surface area (Å²) in [4.78, 5) is 8.52. The van der Waals surface area contributed by atoms with Crippen LogP contribution >= 0.6 is 0 Å². The van der Waals surface area contributed by atoms with E-state index in [1.54, 1.807) is 0 Å². The van der Waals surface area contributed by atoms with E-state index in [2.05, 4.69) is 139 Å². The molecule has 0 aliphatic carbocycles. The van der Waals surface area contributed by atoms with E-state index in [1.807, 2.05) is 22.1 Å². The van der Waals surface area contributed by atoms with Crippen LogP contribution in [0.1, 0.15) is 54.4 Å². The van der Waals surface area contributed by atoms with Crippen LogP contribution in [0.15, 0.2) is 41.4 Å². The van der Waals surface area contributed by atoms with Crippen molar-refractivity contribution in [1.29, 1.82) is 0 Å². The third-order valence-electron chi connectivity index (χ3n) is 9.79. The van der Waals surface area contributed by atoms with Crippen molar-refractivity contribution in [2.75, 3.05) is 0 Å². The van der Waals surface area contributed by atoms with Gasteiger partial charge in [0.05, 0.1) is 32.3 Å². The summed E-state index contributed by atoms with van der Waals surface area (Å²) in [6, 6.07) is 0. The lowest BCUT2D eigenvalue weighted by Crippen LogP contribution is -2.62. The number of rotatable bonds is 12. The third kappa shape index (κ3) is 5.88.